The van der Waals surface area contributed by atoms with Crippen LogP contribution >= 0.6 is 15.9 Å². The van der Waals surface area contributed by atoms with Gasteiger partial charge in [0, 0.05) is 19.0 Å². The van der Waals surface area contributed by atoms with E-state index in [0.717, 1.165) is 5.56 Å². The topological polar surface area (TPSA) is 40.5 Å². The lowest BCUT2D eigenvalue weighted by molar-refractivity contribution is -0.141. The molecule has 17 heavy (non-hydrogen) atoms. The van der Waals surface area contributed by atoms with Gasteiger partial charge in [-0.3, -0.25) is 4.79 Å². The van der Waals surface area contributed by atoms with E-state index in [9.17, 15) is 14.3 Å². The van der Waals surface area contributed by atoms with Crippen LogP contribution in [0, 0.1) is 11.7 Å². The Hall–Kier alpha value is -0.940. The monoisotopic (exact) mass is 301 g/mol. The highest BCUT2D eigenvalue weighted by atomic mass is 79.9. The van der Waals surface area contributed by atoms with E-state index < -0.39 is 11.9 Å². The number of carboxylic acid groups (broad SMARTS) is 1. The molecule has 1 fully saturated rings. The van der Waals surface area contributed by atoms with Crippen LogP contribution in [0.1, 0.15) is 11.5 Å². The summed E-state index contributed by atoms with van der Waals surface area (Å²) in [5.74, 6) is -1.61. The minimum absolute atomic E-state index is 0.0746. The molecular weight excluding hydrogens is 289 g/mol. The Morgan fingerprint density at radius 2 is 2.24 bits per heavy atom. The molecule has 1 aromatic rings. The molecule has 1 aliphatic rings. The van der Waals surface area contributed by atoms with Crippen molar-refractivity contribution in [3.05, 3.63) is 34.1 Å². The molecule has 2 atom stereocenters. The van der Waals surface area contributed by atoms with Crippen LogP contribution in [0.15, 0.2) is 22.7 Å². The molecule has 1 saturated heterocycles. The van der Waals surface area contributed by atoms with E-state index in [1.807, 2.05) is 11.9 Å². The average Bonchev–Trinajstić information content (AvgIpc) is 2.64. The van der Waals surface area contributed by atoms with Gasteiger partial charge in [0.25, 0.3) is 0 Å². The van der Waals surface area contributed by atoms with Gasteiger partial charge in [-0.1, -0.05) is 6.07 Å². The summed E-state index contributed by atoms with van der Waals surface area (Å²) in [6, 6.07) is 4.71. The maximum Gasteiger partial charge on any atom is 0.308 e. The maximum atomic E-state index is 13.1. The van der Waals surface area contributed by atoms with E-state index in [4.69, 9.17) is 0 Å². The van der Waals surface area contributed by atoms with Crippen LogP contribution in [-0.2, 0) is 4.79 Å². The van der Waals surface area contributed by atoms with Crippen molar-refractivity contribution < 1.29 is 14.3 Å². The van der Waals surface area contributed by atoms with Gasteiger partial charge in [0.1, 0.15) is 5.82 Å². The van der Waals surface area contributed by atoms with Gasteiger partial charge in [-0.25, -0.2) is 4.39 Å². The molecule has 0 bridgehead atoms. The molecule has 1 N–H and O–H groups in total. The Balaban J connectivity index is 2.31. The lowest BCUT2D eigenvalue weighted by Crippen LogP contribution is -2.21. The molecule has 0 aliphatic carbocycles. The third-order valence-electron chi connectivity index (χ3n) is 3.19. The minimum atomic E-state index is -0.792. The lowest BCUT2D eigenvalue weighted by Gasteiger charge is -2.15. The number of rotatable bonds is 2. The highest BCUT2D eigenvalue weighted by molar-refractivity contribution is 9.10. The fourth-order valence-electron chi connectivity index (χ4n) is 2.33. The number of carbonyl (C=O) groups is 1. The maximum absolute atomic E-state index is 13.1. The molecule has 2 unspecified atom stereocenters. The largest absolute Gasteiger partial charge is 0.481 e. The third kappa shape index (κ3) is 2.50. The number of benzene rings is 1. The van der Waals surface area contributed by atoms with Gasteiger partial charge in [0.2, 0.25) is 0 Å². The first-order valence-electron chi connectivity index (χ1n) is 5.35. The molecule has 0 amide bonds. The lowest BCUT2D eigenvalue weighted by atomic mass is 9.89. The van der Waals surface area contributed by atoms with Gasteiger partial charge in [-0.05, 0) is 40.7 Å². The summed E-state index contributed by atoms with van der Waals surface area (Å²) in [5.41, 5.74) is 0.870. The van der Waals surface area contributed by atoms with Crippen LogP contribution in [0.2, 0.25) is 0 Å². The average molecular weight is 302 g/mol. The van der Waals surface area contributed by atoms with Crippen LogP contribution in [0.4, 0.5) is 4.39 Å². The van der Waals surface area contributed by atoms with Crippen molar-refractivity contribution >= 4 is 21.9 Å². The molecule has 0 aromatic heterocycles. The predicted octanol–water partition coefficient (Wildman–Crippen LogP) is 2.32. The van der Waals surface area contributed by atoms with E-state index in [1.54, 1.807) is 12.1 Å². The Morgan fingerprint density at radius 1 is 1.53 bits per heavy atom. The molecule has 0 radical (unpaired) electrons. The second-order valence-corrected chi connectivity index (χ2v) is 5.30. The van der Waals surface area contributed by atoms with Gasteiger partial charge < -0.3 is 10.0 Å². The third-order valence-corrected chi connectivity index (χ3v) is 3.80. The van der Waals surface area contributed by atoms with Crippen molar-refractivity contribution in [3.8, 4) is 0 Å². The molecule has 1 aromatic carbocycles. The van der Waals surface area contributed by atoms with Gasteiger partial charge in [0.05, 0.1) is 10.4 Å². The molecule has 0 saturated carbocycles. The molecule has 5 heteroatoms. The van der Waals surface area contributed by atoms with Crippen molar-refractivity contribution in [1.29, 1.82) is 0 Å². The van der Waals surface area contributed by atoms with E-state index in [-0.39, 0.29) is 11.7 Å². The Bertz CT molecular complexity index is 452. The number of halogens is 2. The molecule has 2 rings (SSSR count). The Morgan fingerprint density at radius 3 is 2.82 bits per heavy atom. The highest BCUT2D eigenvalue weighted by Crippen LogP contribution is 2.33. The summed E-state index contributed by atoms with van der Waals surface area (Å²) in [5, 5.41) is 9.17. The standard InChI is InChI=1S/C12H13BrFNO2/c1-15-5-8(9(6-15)12(16)17)7-2-3-11(14)10(13)4-7/h2-4,8-9H,5-6H2,1H3,(H,16,17). The van der Waals surface area contributed by atoms with Crippen molar-refractivity contribution in [1.82, 2.24) is 4.90 Å². The van der Waals surface area contributed by atoms with Crippen molar-refractivity contribution in [2.45, 2.75) is 5.92 Å². The van der Waals surface area contributed by atoms with Crippen molar-refractivity contribution in [3.63, 3.8) is 0 Å². The number of likely N-dealkylation sites (tertiary alicyclic amines) is 1. The number of hydrogen-bond donors (Lipinski definition) is 1. The summed E-state index contributed by atoms with van der Waals surface area (Å²) in [4.78, 5) is 13.2. The molecular formula is C12H13BrFNO2. The second-order valence-electron chi connectivity index (χ2n) is 4.45. The molecule has 92 valence electrons. The van der Waals surface area contributed by atoms with Gasteiger partial charge in [-0.2, -0.15) is 0 Å². The van der Waals surface area contributed by atoms with Crippen molar-refractivity contribution in [2.75, 3.05) is 20.1 Å². The van der Waals surface area contributed by atoms with Crippen LogP contribution in [0.3, 0.4) is 0 Å². The van der Waals surface area contributed by atoms with E-state index >= 15 is 0 Å². The first kappa shape index (κ1) is 12.5. The Kier molecular flexibility index (Phi) is 3.49. The zero-order valence-electron chi connectivity index (χ0n) is 9.36. The van der Waals surface area contributed by atoms with Crippen molar-refractivity contribution in [2.24, 2.45) is 5.92 Å². The fourth-order valence-corrected chi connectivity index (χ4v) is 2.73. The number of aliphatic carboxylic acids is 1. The SMILES string of the molecule is CN1CC(C(=O)O)C(c2ccc(F)c(Br)c2)C1. The molecule has 0 spiro atoms. The highest BCUT2D eigenvalue weighted by Gasteiger charge is 2.37. The second kappa shape index (κ2) is 4.74. The van der Waals surface area contributed by atoms with Crippen LogP contribution in [0.5, 0.6) is 0 Å². The predicted molar refractivity (Wildman–Crippen MR) is 65.5 cm³/mol. The fraction of sp³-hybridized carbons (Fsp3) is 0.417. The first-order chi connectivity index (χ1) is 7.99. The molecule has 3 nitrogen and oxygen atoms in total. The normalized spacial score (nSPS) is 25.1. The minimum Gasteiger partial charge on any atom is -0.481 e. The van der Waals surface area contributed by atoms with Gasteiger partial charge in [0.15, 0.2) is 0 Å². The Labute approximate surface area is 107 Å². The molecule has 1 aliphatic heterocycles. The summed E-state index contributed by atoms with van der Waals surface area (Å²) in [6.07, 6.45) is 0. The number of hydrogen-bond acceptors (Lipinski definition) is 2. The van der Waals surface area contributed by atoms with Gasteiger partial charge >= 0.3 is 5.97 Å². The van der Waals surface area contributed by atoms with Gasteiger partial charge in [-0.15, -0.1) is 0 Å². The van der Waals surface area contributed by atoms with Crippen LogP contribution in [-0.4, -0.2) is 36.1 Å². The summed E-state index contributed by atoms with van der Waals surface area (Å²) < 4.78 is 13.5. The van der Waals surface area contributed by atoms with E-state index in [1.165, 1.54) is 6.07 Å². The van der Waals surface area contributed by atoms with Crippen LogP contribution in [0.25, 0.3) is 0 Å². The van der Waals surface area contributed by atoms with E-state index in [2.05, 4.69) is 15.9 Å². The van der Waals surface area contributed by atoms with E-state index in [0.29, 0.717) is 17.6 Å². The molecule has 1 heterocycles. The summed E-state index contributed by atoms with van der Waals surface area (Å²) in [6.45, 7) is 1.23. The summed E-state index contributed by atoms with van der Waals surface area (Å²) >= 11 is 3.13. The zero-order chi connectivity index (χ0) is 12.6. The summed E-state index contributed by atoms with van der Waals surface area (Å²) in [7, 11) is 1.90. The smallest absolute Gasteiger partial charge is 0.308 e. The quantitative estimate of drug-likeness (QED) is 0.911. The number of nitrogens with zero attached hydrogens (tertiary/aromatic N) is 1. The zero-order valence-corrected chi connectivity index (χ0v) is 10.9. The number of carboxylic acids is 1. The van der Waals surface area contributed by atoms with Crippen LogP contribution < -0.4 is 0 Å². The first-order valence-corrected chi connectivity index (χ1v) is 6.14. The number of likely N-dealkylation sites (N-methyl/N-ethyl adjacent to an activating group) is 1.